The average Bonchev–Trinajstić information content (AvgIpc) is 2.00. The molecule has 0 aromatic heterocycles. The largest absolute Gasteiger partial charge is 0.333 e. The lowest BCUT2D eigenvalue weighted by Gasteiger charge is -2.28. The Kier molecular flexibility index (Phi) is 5.58. The van der Waals surface area contributed by atoms with E-state index in [0.717, 1.165) is 0 Å². The van der Waals surface area contributed by atoms with Crippen LogP contribution in [0.4, 0.5) is 0 Å². The molecule has 10 heavy (non-hydrogen) atoms. The third kappa shape index (κ3) is 3.82. The highest BCUT2D eigenvalue weighted by molar-refractivity contribution is 4.64. The van der Waals surface area contributed by atoms with Gasteiger partial charge < -0.3 is 15.5 Å². The first-order valence-electron chi connectivity index (χ1n) is 3.74. The Morgan fingerprint density at radius 2 is 1.00 bits per heavy atom. The van der Waals surface area contributed by atoms with Gasteiger partial charge in [-0.15, -0.1) is 0 Å². The number of nitrogens with zero attached hydrogens (tertiary/aromatic N) is 2. The first kappa shape index (κ1) is 9.88. The maximum Gasteiger partial charge on any atom is 0.0107 e. The van der Waals surface area contributed by atoms with Crippen molar-refractivity contribution < 1.29 is 0 Å². The third-order valence-corrected chi connectivity index (χ3v) is 1.73. The molecule has 1 saturated heterocycles. The van der Waals surface area contributed by atoms with Crippen LogP contribution in [0.2, 0.25) is 0 Å². The summed E-state index contributed by atoms with van der Waals surface area (Å²) in [6.45, 7) is 4.93. The van der Waals surface area contributed by atoms with Crippen molar-refractivity contribution in [2.45, 2.75) is 0 Å². The molecule has 3 nitrogen and oxygen atoms in total. The van der Waals surface area contributed by atoms with Gasteiger partial charge in [0, 0.05) is 26.2 Å². The van der Waals surface area contributed by atoms with Gasteiger partial charge in [-0.1, -0.05) is 0 Å². The summed E-state index contributed by atoms with van der Waals surface area (Å²) >= 11 is 0. The second kappa shape index (κ2) is 5.65. The van der Waals surface area contributed by atoms with Gasteiger partial charge in [-0.05, 0) is 21.1 Å². The van der Waals surface area contributed by atoms with Gasteiger partial charge in [0.1, 0.15) is 0 Å². The number of hydrogen-bond acceptors (Lipinski definition) is 3. The van der Waals surface area contributed by atoms with Crippen LogP contribution >= 0.6 is 0 Å². The molecule has 1 aliphatic heterocycles. The number of likely N-dealkylation sites (N-methyl/N-ethyl adjacent to an activating group) is 2. The van der Waals surface area contributed by atoms with E-state index in [1.807, 2.05) is 0 Å². The summed E-state index contributed by atoms with van der Waals surface area (Å²) < 4.78 is 0. The molecular weight excluding hydrogens is 126 g/mol. The highest BCUT2D eigenvalue weighted by atomic mass is 15.2. The topological polar surface area (TPSA) is 32.5 Å². The molecule has 0 aromatic carbocycles. The summed E-state index contributed by atoms with van der Waals surface area (Å²) in [4.78, 5) is 4.72. The Morgan fingerprint density at radius 1 is 0.800 bits per heavy atom. The zero-order valence-electron chi connectivity index (χ0n) is 7.30. The molecule has 62 valence electrons. The van der Waals surface area contributed by atoms with E-state index in [-0.39, 0.29) is 0 Å². The maximum atomic E-state index is 4.50. The van der Waals surface area contributed by atoms with E-state index in [9.17, 15) is 0 Å². The van der Waals surface area contributed by atoms with E-state index in [2.05, 4.69) is 29.6 Å². The second-order valence-electron chi connectivity index (χ2n) is 2.61. The monoisotopic (exact) mass is 145 g/mol. The van der Waals surface area contributed by atoms with Gasteiger partial charge in [-0.3, -0.25) is 0 Å². The molecule has 1 rings (SSSR count). The SMILES string of the molecule is CN.CN1CCN(C)CC1. The molecule has 0 bridgehead atoms. The summed E-state index contributed by atoms with van der Waals surface area (Å²) in [5.74, 6) is 0. The lowest BCUT2D eigenvalue weighted by atomic mass is 10.4. The van der Waals surface area contributed by atoms with Gasteiger partial charge >= 0.3 is 0 Å². The number of nitrogens with two attached hydrogens (primary N) is 1. The van der Waals surface area contributed by atoms with Crippen LogP contribution in [0, 0.1) is 0 Å². The van der Waals surface area contributed by atoms with Gasteiger partial charge in [-0.25, -0.2) is 0 Å². The van der Waals surface area contributed by atoms with Crippen LogP contribution in [0.1, 0.15) is 0 Å². The van der Waals surface area contributed by atoms with Crippen LogP contribution in [0.3, 0.4) is 0 Å². The molecule has 0 unspecified atom stereocenters. The predicted octanol–water partition coefficient (Wildman–Crippen LogP) is -0.561. The molecule has 0 aromatic rings. The van der Waals surface area contributed by atoms with Gasteiger partial charge in [0.25, 0.3) is 0 Å². The molecule has 1 heterocycles. The second-order valence-corrected chi connectivity index (χ2v) is 2.61. The summed E-state index contributed by atoms with van der Waals surface area (Å²) in [5.41, 5.74) is 4.50. The summed E-state index contributed by atoms with van der Waals surface area (Å²) in [5, 5.41) is 0. The van der Waals surface area contributed by atoms with Gasteiger partial charge in [0.15, 0.2) is 0 Å². The van der Waals surface area contributed by atoms with E-state index in [1.165, 1.54) is 33.2 Å². The highest BCUT2D eigenvalue weighted by Crippen LogP contribution is 1.93. The van der Waals surface area contributed by atoms with Crippen molar-refractivity contribution in [3.8, 4) is 0 Å². The fourth-order valence-electron chi connectivity index (χ4n) is 0.906. The van der Waals surface area contributed by atoms with E-state index in [4.69, 9.17) is 0 Å². The summed E-state index contributed by atoms with van der Waals surface area (Å²) in [6, 6.07) is 0. The van der Waals surface area contributed by atoms with Crippen LogP contribution in [-0.2, 0) is 0 Å². The number of rotatable bonds is 0. The van der Waals surface area contributed by atoms with E-state index in [0.29, 0.717) is 0 Å². The van der Waals surface area contributed by atoms with Crippen LogP contribution in [-0.4, -0.2) is 57.1 Å². The van der Waals surface area contributed by atoms with E-state index in [1.54, 1.807) is 0 Å². The van der Waals surface area contributed by atoms with Crippen molar-refractivity contribution in [2.75, 3.05) is 47.3 Å². The van der Waals surface area contributed by atoms with Crippen molar-refractivity contribution >= 4 is 0 Å². The van der Waals surface area contributed by atoms with Gasteiger partial charge in [-0.2, -0.15) is 0 Å². The molecule has 0 amide bonds. The fraction of sp³-hybridized carbons (Fsp3) is 1.00. The predicted molar refractivity (Wildman–Crippen MR) is 45.1 cm³/mol. The standard InChI is InChI=1S/C6H14N2.CH5N/c1-7-3-5-8(2)6-4-7;1-2/h3-6H2,1-2H3;2H2,1H3. The Balaban J connectivity index is 0.000000371. The molecule has 0 radical (unpaired) electrons. The van der Waals surface area contributed by atoms with Crippen LogP contribution in [0.25, 0.3) is 0 Å². The zero-order chi connectivity index (χ0) is 7.98. The van der Waals surface area contributed by atoms with Gasteiger partial charge in [0.05, 0.1) is 0 Å². The van der Waals surface area contributed by atoms with Gasteiger partial charge in [0.2, 0.25) is 0 Å². The minimum Gasteiger partial charge on any atom is -0.333 e. The first-order chi connectivity index (χ1) is 4.79. The minimum absolute atomic E-state index is 1.23. The molecule has 0 aliphatic carbocycles. The van der Waals surface area contributed by atoms with Crippen molar-refractivity contribution in [3.05, 3.63) is 0 Å². The zero-order valence-corrected chi connectivity index (χ0v) is 7.30. The van der Waals surface area contributed by atoms with E-state index < -0.39 is 0 Å². The Hall–Kier alpha value is -0.120. The molecule has 0 spiro atoms. The molecule has 0 saturated carbocycles. The molecule has 1 aliphatic rings. The lowest BCUT2D eigenvalue weighted by molar-refractivity contribution is 0.181. The molecule has 1 fully saturated rings. The van der Waals surface area contributed by atoms with Crippen molar-refractivity contribution in [3.63, 3.8) is 0 Å². The molecular formula is C7H19N3. The van der Waals surface area contributed by atoms with Crippen molar-refractivity contribution in [2.24, 2.45) is 5.73 Å². The molecule has 2 N–H and O–H groups in total. The molecule has 0 atom stereocenters. The quantitative estimate of drug-likeness (QED) is 0.496. The highest BCUT2D eigenvalue weighted by Gasteiger charge is 2.07. The molecule has 3 heteroatoms. The Bertz CT molecular complexity index is 57.3. The van der Waals surface area contributed by atoms with Crippen LogP contribution < -0.4 is 5.73 Å². The Labute approximate surface area is 63.8 Å². The smallest absolute Gasteiger partial charge is 0.0107 e. The first-order valence-corrected chi connectivity index (χ1v) is 3.74. The van der Waals surface area contributed by atoms with Crippen LogP contribution in [0.15, 0.2) is 0 Å². The van der Waals surface area contributed by atoms with Crippen LogP contribution in [0.5, 0.6) is 0 Å². The van der Waals surface area contributed by atoms with Crippen molar-refractivity contribution in [1.82, 2.24) is 9.80 Å². The fourth-order valence-corrected chi connectivity index (χ4v) is 0.906. The Morgan fingerprint density at radius 3 is 1.20 bits per heavy atom. The van der Waals surface area contributed by atoms with E-state index >= 15 is 0 Å². The number of hydrogen-bond donors (Lipinski definition) is 1. The lowest BCUT2D eigenvalue weighted by Crippen LogP contribution is -2.42. The normalized spacial score (nSPS) is 21.6. The maximum absolute atomic E-state index is 4.50. The van der Waals surface area contributed by atoms with Crippen molar-refractivity contribution in [1.29, 1.82) is 0 Å². The third-order valence-electron chi connectivity index (χ3n) is 1.73. The summed E-state index contributed by atoms with van der Waals surface area (Å²) in [6.07, 6.45) is 0. The minimum atomic E-state index is 1.23. The average molecular weight is 145 g/mol. The summed E-state index contributed by atoms with van der Waals surface area (Å²) in [7, 11) is 5.85. The number of piperazine rings is 1.